The van der Waals surface area contributed by atoms with E-state index >= 15 is 0 Å². The highest BCUT2D eigenvalue weighted by Gasteiger charge is 2.41. The zero-order valence-electron chi connectivity index (χ0n) is 9.85. The lowest BCUT2D eigenvalue weighted by Crippen LogP contribution is -2.65. The van der Waals surface area contributed by atoms with Gasteiger partial charge in [-0.15, -0.1) is 0 Å². The van der Waals surface area contributed by atoms with Crippen molar-refractivity contribution < 1.29 is 4.43 Å². The van der Waals surface area contributed by atoms with E-state index in [0.29, 0.717) is 5.54 Å². The number of hydrogen-bond acceptors (Lipinski definition) is 3. The Balaban J connectivity index is 4.59. The minimum Gasteiger partial charge on any atom is -0.392 e. The van der Waals surface area contributed by atoms with Gasteiger partial charge in [0, 0.05) is 12.1 Å². The summed E-state index contributed by atoms with van der Waals surface area (Å²) in [6, 6.07) is 0. The molecule has 0 aliphatic carbocycles. The van der Waals surface area contributed by atoms with E-state index in [0.717, 1.165) is 13.2 Å². The summed E-state index contributed by atoms with van der Waals surface area (Å²) in [6.07, 6.45) is 0. The molecular formula is C9H24N2OSi. The summed E-state index contributed by atoms with van der Waals surface area (Å²) >= 11 is 0. The second kappa shape index (κ2) is 5.75. The highest BCUT2D eigenvalue weighted by molar-refractivity contribution is 6.69. The minimum atomic E-state index is -1.87. The molecule has 0 aromatic carbocycles. The quantitative estimate of drug-likeness (QED) is 0.664. The third-order valence-electron chi connectivity index (χ3n) is 2.24. The van der Waals surface area contributed by atoms with Crippen molar-refractivity contribution in [1.82, 2.24) is 9.55 Å². The Bertz CT molecular complexity index is 124. The summed E-state index contributed by atoms with van der Waals surface area (Å²) < 4.78 is 8.19. The van der Waals surface area contributed by atoms with Crippen LogP contribution in [0.1, 0.15) is 27.7 Å². The van der Waals surface area contributed by atoms with Crippen molar-refractivity contribution in [2.75, 3.05) is 27.2 Å². The molecule has 1 N–H and O–H groups in total. The van der Waals surface area contributed by atoms with Crippen LogP contribution in [0.15, 0.2) is 0 Å². The van der Waals surface area contributed by atoms with Crippen molar-refractivity contribution in [3.05, 3.63) is 0 Å². The Labute approximate surface area is 83.7 Å². The van der Waals surface area contributed by atoms with Crippen LogP contribution in [0.4, 0.5) is 0 Å². The van der Waals surface area contributed by atoms with Gasteiger partial charge in [-0.05, 0) is 27.6 Å². The molecule has 13 heavy (non-hydrogen) atoms. The maximum Gasteiger partial charge on any atom is 0.356 e. The van der Waals surface area contributed by atoms with Crippen LogP contribution in [-0.2, 0) is 4.43 Å². The molecule has 0 bridgehead atoms. The van der Waals surface area contributed by atoms with Gasteiger partial charge in [0.2, 0.25) is 0 Å². The molecule has 0 aliphatic rings. The second-order valence-corrected chi connectivity index (χ2v) is 7.79. The molecule has 80 valence electrons. The lowest BCUT2D eigenvalue weighted by molar-refractivity contribution is 0.253. The molecule has 0 radical (unpaired) electrons. The Morgan fingerprint density at radius 1 is 1.31 bits per heavy atom. The summed E-state index contributed by atoms with van der Waals surface area (Å²) in [5, 5.41) is 0. The van der Waals surface area contributed by atoms with Crippen LogP contribution in [0.3, 0.4) is 0 Å². The lowest BCUT2D eigenvalue weighted by atomic mass is 10.6. The standard InChI is InChI=1S/C9H24N2OSi/c1-7-10-13(9(3)4,11(5)6)12-8-2/h9-10H,7-8H2,1-6H3. The number of nitrogens with zero attached hydrogens (tertiary/aromatic N) is 1. The van der Waals surface area contributed by atoms with Gasteiger partial charge in [-0.3, -0.25) is 4.57 Å². The number of rotatable bonds is 6. The topological polar surface area (TPSA) is 24.5 Å². The zero-order chi connectivity index (χ0) is 10.5. The van der Waals surface area contributed by atoms with Crippen molar-refractivity contribution in [1.29, 1.82) is 0 Å². The van der Waals surface area contributed by atoms with E-state index in [1.165, 1.54) is 0 Å². The van der Waals surface area contributed by atoms with Gasteiger partial charge in [0.15, 0.2) is 0 Å². The van der Waals surface area contributed by atoms with Crippen molar-refractivity contribution in [3.63, 3.8) is 0 Å². The summed E-state index contributed by atoms with van der Waals surface area (Å²) in [5.74, 6) is 0. The van der Waals surface area contributed by atoms with E-state index in [9.17, 15) is 0 Å². The van der Waals surface area contributed by atoms with Gasteiger partial charge in [0.25, 0.3) is 0 Å². The fourth-order valence-corrected chi connectivity index (χ4v) is 5.10. The average Bonchev–Trinajstić information content (AvgIpc) is 2.03. The lowest BCUT2D eigenvalue weighted by Gasteiger charge is -2.39. The largest absolute Gasteiger partial charge is 0.392 e. The molecule has 0 fully saturated rings. The van der Waals surface area contributed by atoms with Gasteiger partial charge < -0.3 is 9.41 Å². The normalized spacial score (nSPS) is 16.6. The van der Waals surface area contributed by atoms with Crippen LogP contribution in [0.2, 0.25) is 5.54 Å². The number of nitrogens with one attached hydrogen (secondary N) is 1. The Morgan fingerprint density at radius 2 is 1.85 bits per heavy atom. The Kier molecular flexibility index (Phi) is 5.79. The van der Waals surface area contributed by atoms with Crippen LogP contribution in [0.25, 0.3) is 0 Å². The van der Waals surface area contributed by atoms with Gasteiger partial charge in [-0.25, -0.2) is 0 Å². The Hall–Kier alpha value is 0.0969. The van der Waals surface area contributed by atoms with Gasteiger partial charge in [0.05, 0.1) is 0 Å². The van der Waals surface area contributed by atoms with E-state index in [4.69, 9.17) is 4.43 Å². The molecule has 1 unspecified atom stereocenters. The fourth-order valence-electron chi connectivity index (χ4n) is 1.70. The monoisotopic (exact) mass is 204 g/mol. The minimum absolute atomic E-state index is 0.558. The zero-order valence-corrected chi connectivity index (χ0v) is 10.8. The highest BCUT2D eigenvalue weighted by atomic mass is 28.4. The first-order valence-corrected chi connectivity index (χ1v) is 7.00. The smallest absolute Gasteiger partial charge is 0.356 e. The molecule has 0 spiro atoms. The van der Waals surface area contributed by atoms with Crippen LogP contribution in [-0.4, -0.2) is 40.5 Å². The van der Waals surface area contributed by atoms with Gasteiger partial charge in [-0.2, -0.15) is 0 Å². The molecule has 0 amide bonds. The number of hydrogen-bond donors (Lipinski definition) is 1. The molecule has 0 rings (SSSR count). The maximum atomic E-state index is 5.95. The third-order valence-corrected chi connectivity index (χ3v) is 6.72. The van der Waals surface area contributed by atoms with E-state index in [1.807, 2.05) is 0 Å². The molecule has 0 aromatic heterocycles. The average molecular weight is 204 g/mol. The predicted molar refractivity (Wildman–Crippen MR) is 59.8 cm³/mol. The van der Waals surface area contributed by atoms with E-state index < -0.39 is 8.64 Å². The fraction of sp³-hybridized carbons (Fsp3) is 1.00. The molecule has 3 nitrogen and oxygen atoms in total. The molecular weight excluding hydrogens is 180 g/mol. The van der Waals surface area contributed by atoms with Crippen LogP contribution in [0, 0.1) is 0 Å². The van der Waals surface area contributed by atoms with E-state index in [2.05, 4.69) is 51.3 Å². The SMILES string of the molecule is CCN[Si](OCC)(C(C)C)N(C)C. The Morgan fingerprint density at radius 3 is 2.08 bits per heavy atom. The predicted octanol–water partition coefficient (Wildman–Crippen LogP) is 1.54. The molecule has 0 heterocycles. The van der Waals surface area contributed by atoms with Crippen molar-refractivity contribution in [3.8, 4) is 0 Å². The molecule has 0 saturated heterocycles. The first-order chi connectivity index (χ1) is 6.01. The molecule has 0 aliphatic heterocycles. The van der Waals surface area contributed by atoms with E-state index in [1.54, 1.807) is 0 Å². The molecule has 1 atom stereocenters. The summed E-state index contributed by atoms with van der Waals surface area (Å²) in [7, 11) is 2.34. The van der Waals surface area contributed by atoms with Crippen LogP contribution < -0.4 is 4.98 Å². The summed E-state index contributed by atoms with van der Waals surface area (Å²) in [5.41, 5.74) is 0.558. The van der Waals surface area contributed by atoms with Gasteiger partial charge in [0.1, 0.15) is 0 Å². The molecule has 0 aromatic rings. The first kappa shape index (κ1) is 13.1. The van der Waals surface area contributed by atoms with E-state index in [-0.39, 0.29) is 0 Å². The summed E-state index contributed by atoms with van der Waals surface area (Å²) in [4.78, 5) is 3.54. The molecule has 4 heteroatoms. The van der Waals surface area contributed by atoms with Crippen molar-refractivity contribution in [2.24, 2.45) is 0 Å². The highest BCUT2D eigenvalue weighted by Crippen LogP contribution is 2.20. The third kappa shape index (κ3) is 3.05. The van der Waals surface area contributed by atoms with Crippen LogP contribution >= 0.6 is 0 Å². The van der Waals surface area contributed by atoms with Crippen LogP contribution in [0.5, 0.6) is 0 Å². The van der Waals surface area contributed by atoms with Crippen molar-refractivity contribution >= 4 is 8.64 Å². The molecule has 0 saturated carbocycles. The first-order valence-electron chi connectivity index (χ1n) is 5.07. The van der Waals surface area contributed by atoms with Gasteiger partial charge in [-0.1, -0.05) is 20.8 Å². The maximum absolute atomic E-state index is 5.95. The van der Waals surface area contributed by atoms with Crippen molar-refractivity contribution in [2.45, 2.75) is 33.2 Å². The van der Waals surface area contributed by atoms with Gasteiger partial charge >= 0.3 is 8.64 Å². The second-order valence-electron chi connectivity index (χ2n) is 3.71. The summed E-state index contributed by atoms with van der Waals surface area (Å²) in [6.45, 7) is 10.4.